The highest BCUT2D eigenvalue weighted by Gasteiger charge is 2.37. The molecule has 0 amide bonds. The van der Waals surface area contributed by atoms with E-state index in [2.05, 4.69) is 15.4 Å². The number of pyridine rings is 1. The maximum Gasteiger partial charge on any atom is 0.416 e. The van der Waals surface area contributed by atoms with Gasteiger partial charge in [0.1, 0.15) is 0 Å². The molecule has 0 bridgehead atoms. The van der Waals surface area contributed by atoms with Crippen molar-refractivity contribution in [2.75, 3.05) is 11.4 Å². The van der Waals surface area contributed by atoms with Crippen LogP contribution in [-0.2, 0) is 32.5 Å². The van der Waals surface area contributed by atoms with Gasteiger partial charge in [-0.3, -0.25) is 4.98 Å². The number of hydrogen-bond acceptors (Lipinski definition) is 6. The van der Waals surface area contributed by atoms with Gasteiger partial charge in [-0.25, -0.2) is 0 Å². The fraction of sp³-hybridized carbons (Fsp3) is 0.448. The van der Waals surface area contributed by atoms with E-state index in [0.29, 0.717) is 12.5 Å². The molecule has 1 aliphatic carbocycles. The van der Waals surface area contributed by atoms with Crippen LogP contribution in [0.2, 0.25) is 0 Å². The lowest BCUT2D eigenvalue weighted by atomic mass is 9.88. The SMILES string of the molecule is Cn1nnc(N(Cc2cc(C(F)(F)F)cc(C(F)(F)F)c2)Cc2cc(-n3cccc3)cnc2C(CN)CC2CCCC2)n1. The molecule has 0 spiro atoms. The number of alkyl halides is 6. The molecule has 0 aliphatic heterocycles. The number of halogens is 6. The Bertz CT molecular complexity index is 1470. The van der Waals surface area contributed by atoms with Crippen LogP contribution in [0.4, 0.5) is 32.3 Å². The first-order valence-electron chi connectivity index (χ1n) is 14.0. The lowest BCUT2D eigenvalue weighted by Crippen LogP contribution is -2.27. The number of anilines is 1. The van der Waals surface area contributed by atoms with Crippen LogP contribution in [0.5, 0.6) is 0 Å². The Labute approximate surface area is 244 Å². The smallest absolute Gasteiger partial charge is 0.330 e. The zero-order valence-electron chi connectivity index (χ0n) is 23.5. The Morgan fingerprint density at radius 2 is 1.60 bits per heavy atom. The minimum atomic E-state index is -4.97. The third-order valence-corrected chi connectivity index (χ3v) is 7.82. The van der Waals surface area contributed by atoms with Gasteiger partial charge in [0.2, 0.25) is 0 Å². The normalized spacial score (nSPS) is 15.3. The Morgan fingerprint density at radius 3 is 2.16 bits per heavy atom. The predicted octanol–water partition coefficient (Wildman–Crippen LogP) is 6.26. The van der Waals surface area contributed by atoms with Gasteiger partial charge in [-0.05, 0) is 65.1 Å². The van der Waals surface area contributed by atoms with Crippen LogP contribution in [0.15, 0.2) is 55.0 Å². The van der Waals surface area contributed by atoms with E-state index >= 15 is 0 Å². The largest absolute Gasteiger partial charge is 0.416 e. The fourth-order valence-electron chi connectivity index (χ4n) is 5.75. The molecule has 43 heavy (non-hydrogen) atoms. The molecule has 8 nitrogen and oxygen atoms in total. The minimum Gasteiger partial charge on any atom is -0.330 e. The van der Waals surface area contributed by atoms with Crippen LogP contribution >= 0.6 is 0 Å². The van der Waals surface area contributed by atoms with E-state index in [0.717, 1.165) is 61.2 Å². The van der Waals surface area contributed by atoms with Crippen molar-refractivity contribution in [1.29, 1.82) is 0 Å². The molecule has 1 atom stereocenters. The molecule has 14 heteroatoms. The molecule has 0 saturated heterocycles. The highest BCUT2D eigenvalue weighted by atomic mass is 19.4. The van der Waals surface area contributed by atoms with Gasteiger partial charge in [0.05, 0.1) is 30.1 Å². The quantitative estimate of drug-likeness (QED) is 0.214. The molecular formula is C29H32F6N8. The van der Waals surface area contributed by atoms with E-state index in [4.69, 9.17) is 10.7 Å². The van der Waals surface area contributed by atoms with Crippen LogP contribution in [0.25, 0.3) is 5.69 Å². The summed E-state index contributed by atoms with van der Waals surface area (Å²) >= 11 is 0. The molecule has 1 saturated carbocycles. The van der Waals surface area contributed by atoms with Gasteiger partial charge in [-0.2, -0.15) is 31.1 Å². The average Bonchev–Trinajstić information content (AvgIpc) is 3.74. The summed E-state index contributed by atoms with van der Waals surface area (Å²) < 4.78 is 83.7. The summed E-state index contributed by atoms with van der Waals surface area (Å²) in [5, 5.41) is 12.1. The molecule has 4 aromatic rings. The Morgan fingerprint density at radius 1 is 0.953 bits per heavy atom. The molecule has 1 aromatic carbocycles. The van der Waals surface area contributed by atoms with Crippen molar-refractivity contribution in [2.45, 2.75) is 63.5 Å². The Kier molecular flexibility index (Phi) is 8.76. The van der Waals surface area contributed by atoms with Crippen molar-refractivity contribution < 1.29 is 26.3 Å². The summed E-state index contributed by atoms with van der Waals surface area (Å²) in [5.74, 6) is 0.473. The maximum atomic E-state index is 13.6. The second-order valence-corrected chi connectivity index (χ2v) is 11.0. The van der Waals surface area contributed by atoms with Gasteiger partial charge in [-0.15, -0.1) is 5.10 Å². The summed E-state index contributed by atoms with van der Waals surface area (Å²) in [7, 11) is 1.52. The standard InChI is InChI=1S/C29H32F6N8/c1-41-39-27(38-40-41)43(17-20-11-23(28(30,31)32)14-24(12-20)29(33,34)35)18-22-13-25(42-8-4-5-9-42)16-37-26(22)21(15-36)10-19-6-2-3-7-19/h4-5,8-9,11-14,16,19,21H,2-3,6-7,10,15,17-18,36H2,1H3. The van der Waals surface area contributed by atoms with E-state index in [1.54, 1.807) is 6.20 Å². The lowest BCUT2D eigenvalue weighted by Gasteiger charge is -2.26. The van der Waals surface area contributed by atoms with Crippen LogP contribution in [0, 0.1) is 5.92 Å². The number of nitrogens with two attached hydrogens (primary N) is 1. The molecule has 0 radical (unpaired) electrons. The first-order chi connectivity index (χ1) is 20.4. The summed E-state index contributed by atoms with van der Waals surface area (Å²) in [6.45, 7) is 0.0367. The van der Waals surface area contributed by atoms with Crippen molar-refractivity contribution in [3.8, 4) is 5.69 Å². The Hall–Kier alpha value is -3.94. The van der Waals surface area contributed by atoms with Crippen molar-refractivity contribution in [3.63, 3.8) is 0 Å². The Balaban J connectivity index is 1.57. The summed E-state index contributed by atoms with van der Waals surface area (Å²) in [6.07, 6.45) is 0.890. The van der Waals surface area contributed by atoms with Gasteiger partial charge >= 0.3 is 12.4 Å². The van der Waals surface area contributed by atoms with Gasteiger partial charge in [0, 0.05) is 43.6 Å². The topological polar surface area (TPSA) is 90.7 Å². The number of aromatic nitrogens is 6. The van der Waals surface area contributed by atoms with Gasteiger partial charge in [0.25, 0.3) is 5.95 Å². The average molecular weight is 607 g/mol. The van der Waals surface area contributed by atoms with Crippen LogP contribution in [0.3, 0.4) is 0 Å². The molecule has 230 valence electrons. The van der Waals surface area contributed by atoms with E-state index in [1.807, 2.05) is 35.2 Å². The van der Waals surface area contributed by atoms with Crippen LogP contribution in [0.1, 0.15) is 66.0 Å². The zero-order chi connectivity index (χ0) is 30.8. The number of rotatable bonds is 10. The summed E-state index contributed by atoms with van der Waals surface area (Å²) in [5.41, 5.74) is 5.48. The van der Waals surface area contributed by atoms with Crippen LogP contribution in [-0.4, -0.2) is 36.3 Å². The van der Waals surface area contributed by atoms with Gasteiger partial charge < -0.3 is 15.2 Å². The monoisotopic (exact) mass is 606 g/mol. The predicted molar refractivity (Wildman–Crippen MR) is 147 cm³/mol. The summed E-state index contributed by atoms with van der Waals surface area (Å²) in [6, 6.07) is 7.19. The first kappa shape index (κ1) is 30.5. The molecule has 3 aromatic heterocycles. The molecule has 5 rings (SSSR count). The van der Waals surface area contributed by atoms with E-state index in [9.17, 15) is 26.3 Å². The highest BCUT2D eigenvalue weighted by Crippen LogP contribution is 2.38. The molecular weight excluding hydrogens is 574 g/mol. The van der Waals surface area contributed by atoms with E-state index in [1.165, 1.54) is 16.7 Å². The molecule has 1 fully saturated rings. The number of benzene rings is 1. The van der Waals surface area contributed by atoms with Gasteiger partial charge in [-0.1, -0.05) is 30.8 Å². The maximum absolute atomic E-state index is 13.6. The second kappa shape index (κ2) is 12.3. The van der Waals surface area contributed by atoms with E-state index in [-0.39, 0.29) is 36.6 Å². The molecule has 1 aliphatic rings. The zero-order valence-corrected chi connectivity index (χ0v) is 23.5. The van der Waals surface area contributed by atoms with Crippen molar-refractivity contribution in [3.05, 3.63) is 82.9 Å². The number of aryl methyl sites for hydroxylation is 1. The third-order valence-electron chi connectivity index (χ3n) is 7.82. The number of tetrazole rings is 1. The van der Waals surface area contributed by atoms with Crippen LogP contribution < -0.4 is 10.6 Å². The number of hydrogen-bond donors (Lipinski definition) is 1. The lowest BCUT2D eigenvalue weighted by molar-refractivity contribution is -0.143. The fourth-order valence-corrected chi connectivity index (χ4v) is 5.75. The van der Waals surface area contributed by atoms with Crippen molar-refractivity contribution in [2.24, 2.45) is 18.7 Å². The molecule has 3 heterocycles. The number of nitrogens with zero attached hydrogens (tertiary/aromatic N) is 7. The van der Waals surface area contributed by atoms with E-state index < -0.39 is 23.5 Å². The van der Waals surface area contributed by atoms with Gasteiger partial charge in [0.15, 0.2) is 0 Å². The first-order valence-corrected chi connectivity index (χ1v) is 14.0. The third kappa shape index (κ3) is 7.35. The molecule has 2 N–H and O–H groups in total. The highest BCUT2D eigenvalue weighted by molar-refractivity contribution is 5.42. The minimum absolute atomic E-state index is 0.0436. The second-order valence-electron chi connectivity index (χ2n) is 11.0. The van der Waals surface area contributed by atoms with Crippen molar-refractivity contribution >= 4 is 5.95 Å². The molecule has 1 unspecified atom stereocenters. The summed E-state index contributed by atoms with van der Waals surface area (Å²) in [4.78, 5) is 7.49. The van der Waals surface area contributed by atoms with Crippen molar-refractivity contribution in [1.82, 2.24) is 29.8 Å².